The predicted octanol–water partition coefficient (Wildman–Crippen LogP) is 5.72. The van der Waals surface area contributed by atoms with Gasteiger partial charge in [-0.05, 0) is 62.5 Å². The Bertz CT molecular complexity index is 1250. The van der Waals surface area contributed by atoms with Gasteiger partial charge in [0.15, 0.2) is 12.1 Å². The molecule has 40 heavy (non-hydrogen) atoms. The van der Waals surface area contributed by atoms with E-state index in [0.717, 1.165) is 0 Å². The van der Waals surface area contributed by atoms with E-state index in [1.165, 1.54) is 31.2 Å². The largest absolute Gasteiger partial charge is 0.416 e. The highest BCUT2D eigenvalue weighted by molar-refractivity contribution is 5.34. The van der Waals surface area contributed by atoms with Crippen molar-refractivity contribution in [2.75, 3.05) is 27.2 Å². The molecule has 0 spiro atoms. The Hall–Kier alpha value is -3.07. The zero-order chi connectivity index (χ0) is 29.2. The molecule has 1 aromatic heterocycles. The number of benzene rings is 2. The van der Waals surface area contributed by atoms with Crippen LogP contribution in [0.15, 0.2) is 42.5 Å². The minimum atomic E-state index is -4.99. The number of aromatic nitrogens is 3. The Kier molecular flexibility index (Phi) is 8.83. The Labute approximate surface area is 225 Å². The molecule has 2 aromatic carbocycles. The summed E-state index contributed by atoms with van der Waals surface area (Å²) in [6.07, 6.45) is -12.3. The van der Waals surface area contributed by atoms with Gasteiger partial charge in [0, 0.05) is 6.54 Å². The van der Waals surface area contributed by atoms with E-state index in [1.54, 1.807) is 0 Å². The van der Waals surface area contributed by atoms with E-state index in [0.29, 0.717) is 42.4 Å². The third kappa shape index (κ3) is 7.36. The molecule has 0 unspecified atom stereocenters. The van der Waals surface area contributed by atoms with Crippen molar-refractivity contribution < 1.29 is 40.2 Å². The Balaban J connectivity index is 1.64. The molecular weight excluding hydrogens is 547 g/mol. The SMILES string of the molecule is C[C@@H](O[C@H]1OCCN(Cc2n[nH]c(CN(C)C)n2)[C@H]1c1ccc(F)cc1)c1cc(C(F)(F)F)cc(C(F)(F)F)c1. The number of nitrogens with zero attached hydrogens (tertiary/aromatic N) is 4. The molecule has 0 aliphatic carbocycles. The number of aromatic amines is 1. The van der Waals surface area contributed by atoms with E-state index < -0.39 is 47.7 Å². The maximum absolute atomic E-state index is 13.7. The van der Waals surface area contributed by atoms with Crippen LogP contribution in [0.3, 0.4) is 0 Å². The van der Waals surface area contributed by atoms with Crippen molar-refractivity contribution in [1.29, 1.82) is 0 Å². The molecule has 7 nitrogen and oxygen atoms in total. The van der Waals surface area contributed by atoms with E-state index in [9.17, 15) is 30.7 Å². The van der Waals surface area contributed by atoms with E-state index in [2.05, 4.69) is 15.2 Å². The van der Waals surface area contributed by atoms with Gasteiger partial charge in [0.05, 0.1) is 43.0 Å². The van der Waals surface area contributed by atoms with Gasteiger partial charge in [-0.3, -0.25) is 10.00 Å². The number of morpholine rings is 1. The number of rotatable bonds is 8. The zero-order valence-electron chi connectivity index (χ0n) is 21.9. The summed E-state index contributed by atoms with van der Waals surface area (Å²) < 4.78 is 106. The predicted molar refractivity (Wildman–Crippen MR) is 129 cm³/mol. The maximum atomic E-state index is 13.7. The number of ether oxygens (including phenoxy) is 2. The van der Waals surface area contributed by atoms with Crippen molar-refractivity contribution in [3.63, 3.8) is 0 Å². The zero-order valence-corrected chi connectivity index (χ0v) is 21.9. The van der Waals surface area contributed by atoms with Crippen LogP contribution in [0.1, 0.15) is 53.0 Å². The van der Waals surface area contributed by atoms with Crippen LogP contribution >= 0.6 is 0 Å². The van der Waals surface area contributed by atoms with Gasteiger partial charge >= 0.3 is 12.4 Å². The first-order valence-electron chi connectivity index (χ1n) is 12.3. The quantitative estimate of drug-likeness (QED) is 0.347. The number of hydrogen-bond donors (Lipinski definition) is 1. The minimum absolute atomic E-state index is 0.0673. The van der Waals surface area contributed by atoms with Gasteiger partial charge < -0.3 is 14.4 Å². The Morgan fingerprint density at radius 1 is 1.05 bits per heavy atom. The second-order valence-electron chi connectivity index (χ2n) is 9.76. The summed E-state index contributed by atoms with van der Waals surface area (Å²) in [5.41, 5.74) is -2.62. The lowest BCUT2D eigenvalue weighted by Gasteiger charge is -2.41. The van der Waals surface area contributed by atoms with Gasteiger partial charge in [0.1, 0.15) is 11.6 Å². The summed E-state index contributed by atoms with van der Waals surface area (Å²) in [5, 5.41) is 7.11. The highest BCUT2D eigenvalue weighted by Crippen LogP contribution is 2.39. The third-order valence-corrected chi connectivity index (χ3v) is 6.33. The van der Waals surface area contributed by atoms with Crippen LogP contribution in [0.2, 0.25) is 0 Å². The van der Waals surface area contributed by atoms with Gasteiger partial charge in [-0.15, -0.1) is 0 Å². The molecule has 0 amide bonds. The number of alkyl halides is 6. The van der Waals surface area contributed by atoms with Crippen LogP contribution < -0.4 is 0 Å². The highest BCUT2D eigenvalue weighted by Gasteiger charge is 2.39. The molecular formula is C26H28F7N5O2. The standard InChI is InChI=1S/C26H28F7N5O2/c1-15(17-10-18(25(28,29)30)12-19(11-17)26(31,32)33)40-24-23(16-4-6-20(27)7-5-16)38(8-9-39-24)14-22-34-21(35-36-22)13-37(2)3/h4-7,10-12,15,23-24H,8-9,13-14H2,1-3H3,(H,34,35,36)/t15-,23+,24-/m1/s1. The molecule has 1 N–H and O–H groups in total. The average molecular weight is 576 g/mol. The smallest absolute Gasteiger partial charge is 0.349 e. The fourth-order valence-corrected chi connectivity index (χ4v) is 4.46. The normalized spacial score (nSPS) is 19.8. The fourth-order valence-electron chi connectivity index (χ4n) is 4.46. The monoisotopic (exact) mass is 575 g/mol. The highest BCUT2D eigenvalue weighted by atomic mass is 19.4. The fraction of sp³-hybridized carbons (Fsp3) is 0.462. The summed E-state index contributed by atoms with van der Waals surface area (Å²) >= 11 is 0. The van der Waals surface area contributed by atoms with Crippen molar-refractivity contribution >= 4 is 0 Å². The first-order chi connectivity index (χ1) is 18.7. The average Bonchev–Trinajstić information content (AvgIpc) is 3.29. The molecule has 3 atom stereocenters. The van der Waals surface area contributed by atoms with Gasteiger partial charge in [0.2, 0.25) is 0 Å². The molecule has 4 rings (SSSR count). The molecule has 1 saturated heterocycles. The molecule has 2 heterocycles. The topological polar surface area (TPSA) is 66.5 Å². The molecule has 1 aliphatic rings. The van der Waals surface area contributed by atoms with E-state index in [-0.39, 0.29) is 24.8 Å². The number of H-pyrrole nitrogens is 1. The number of hydrogen-bond acceptors (Lipinski definition) is 6. The second-order valence-corrected chi connectivity index (χ2v) is 9.76. The van der Waals surface area contributed by atoms with Gasteiger partial charge in [0.25, 0.3) is 0 Å². The molecule has 218 valence electrons. The lowest BCUT2D eigenvalue weighted by molar-refractivity contribution is -0.231. The van der Waals surface area contributed by atoms with Crippen LogP contribution in [0.5, 0.6) is 0 Å². The summed E-state index contributed by atoms with van der Waals surface area (Å²) in [4.78, 5) is 8.29. The van der Waals surface area contributed by atoms with Crippen LogP contribution in [0, 0.1) is 5.82 Å². The summed E-state index contributed by atoms with van der Waals surface area (Å²) in [5.74, 6) is 0.618. The Morgan fingerprint density at radius 3 is 2.25 bits per heavy atom. The first-order valence-corrected chi connectivity index (χ1v) is 12.3. The summed E-state index contributed by atoms with van der Waals surface area (Å²) in [6, 6.07) is 6.16. The minimum Gasteiger partial charge on any atom is -0.349 e. The maximum Gasteiger partial charge on any atom is 0.416 e. The van der Waals surface area contributed by atoms with Gasteiger partial charge in [-0.2, -0.15) is 31.4 Å². The van der Waals surface area contributed by atoms with Gasteiger partial charge in [-0.1, -0.05) is 12.1 Å². The molecule has 3 aromatic rings. The van der Waals surface area contributed by atoms with Crippen molar-refractivity contribution in [2.24, 2.45) is 0 Å². The lowest BCUT2D eigenvalue weighted by atomic mass is 10.0. The Morgan fingerprint density at radius 2 is 1.68 bits per heavy atom. The van der Waals surface area contributed by atoms with Gasteiger partial charge in [-0.25, -0.2) is 9.37 Å². The molecule has 0 radical (unpaired) electrons. The van der Waals surface area contributed by atoms with Crippen molar-refractivity contribution in [2.45, 2.75) is 50.8 Å². The van der Waals surface area contributed by atoms with Crippen molar-refractivity contribution in [3.05, 3.63) is 82.2 Å². The van der Waals surface area contributed by atoms with Crippen molar-refractivity contribution in [1.82, 2.24) is 25.0 Å². The third-order valence-electron chi connectivity index (χ3n) is 6.33. The van der Waals surface area contributed by atoms with Crippen LogP contribution in [0.4, 0.5) is 30.7 Å². The first kappa shape index (κ1) is 29.9. The lowest BCUT2D eigenvalue weighted by Crippen LogP contribution is -2.46. The molecule has 0 bridgehead atoms. The van der Waals surface area contributed by atoms with Crippen LogP contribution in [0.25, 0.3) is 0 Å². The number of nitrogens with one attached hydrogen (secondary N) is 1. The summed E-state index contributed by atoms with van der Waals surface area (Å²) in [7, 11) is 3.75. The van der Waals surface area contributed by atoms with Crippen LogP contribution in [-0.4, -0.2) is 58.5 Å². The van der Waals surface area contributed by atoms with Crippen LogP contribution in [-0.2, 0) is 34.9 Å². The summed E-state index contributed by atoms with van der Waals surface area (Å²) in [6.45, 7) is 2.64. The molecule has 1 fully saturated rings. The molecule has 0 saturated carbocycles. The second kappa shape index (κ2) is 11.8. The van der Waals surface area contributed by atoms with E-state index >= 15 is 0 Å². The van der Waals surface area contributed by atoms with E-state index in [1.807, 2.05) is 23.9 Å². The van der Waals surface area contributed by atoms with Crippen molar-refractivity contribution in [3.8, 4) is 0 Å². The molecule has 14 heteroatoms. The van der Waals surface area contributed by atoms with E-state index in [4.69, 9.17) is 9.47 Å². The molecule has 1 aliphatic heterocycles. The number of halogens is 7.